The van der Waals surface area contributed by atoms with E-state index in [0.717, 1.165) is 25.7 Å². The van der Waals surface area contributed by atoms with Crippen LogP contribution in [0.4, 0.5) is 4.79 Å². The highest BCUT2D eigenvalue weighted by molar-refractivity contribution is 5.69. The number of benzene rings is 1. The second kappa shape index (κ2) is 5.88. The average molecular weight is 312 g/mol. The van der Waals surface area contributed by atoms with Gasteiger partial charge in [0.25, 0.3) is 0 Å². The van der Waals surface area contributed by atoms with Gasteiger partial charge in [-0.15, -0.1) is 0 Å². The van der Waals surface area contributed by atoms with Gasteiger partial charge in [-0.2, -0.15) is 5.26 Å². The Kier molecular flexibility index (Phi) is 4.06. The molecule has 1 amide bonds. The Bertz CT molecular complexity index is 628. The second-order valence-electron chi connectivity index (χ2n) is 7.68. The summed E-state index contributed by atoms with van der Waals surface area (Å²) in [6, 6.07) is 10.6. The molecule has 3 atom stereocenters. The molecule has 4 heteroatoms. The van der Waals surface area contributed by atoms with Crippen molar-refractivity contribution in [1.82, 2.24) is 4.90 Å². The lowest BCUT2D eigenvalue weighted by Crippen LogP contribution is -2.48. The van der Waals surface area contributed by atoms with E-state index in [-0.39, 0.29) is 18.2 Å². The third-order valence-corrected chi connectivity index (χ3v) is 4.82. The highest BCUT2D eigenvalue weighted by Crippen LogP contribution is 2.43. The van der Waals surface area contributed by atoms with Crippen molar-refractivity contribution >= 4 is 6.09 Å². The van der Waals surface area contributed by atoms with Crippen molar-refractivity contribution in [3.63, 3.8) is 0 Å². The third-order valence-electron chi connectivity index (χ3n) is 4.82. The highest BCUT2D eigenvalue weighted by Gasteiger charge is 2.45. The Hall–Kier alpha value is -2.02. The highest BCUT2D eigenvalue weighted by atomic mass is 16.6. The average Bonchev–Trinajstić information content (AvgIpc) is 2.76. The van der Waals surface area contributed by atoms with E-state index >= 15 is 0 Å². The Labute approximate surface area is 138 Å². The van der Waals surface area contributed by atoms with Crippen molar-refractivity contribution in [3.05, 3.63) is 35.4 Å². The van der Waals surface area contributed by atoms with Crippen molar-refractivity contribution in [3.8, 4) is 6.07 Å². The molecular formula is C19H24N2O2. The molecule has 3 rings (SSSR count). The van der Waals surface area contributed by atoms with Crippen LogP contribution in [0.2, 0.25) is 0 Å². The molecule has 23 heavy (non-hydrogen) atoms. The number of fused-ring (bicyclic) bond motifs is 2. The molecule has 122 valence electrons. The van der Waals surface area contributed by atoms with Crippen LogP contribution in [0.1, 0.15) is 63.5 Å². The largest absolute Gasteiger partial charge is 0.444 e. The van der Waals surface area contributed by atoms with Gasteiger partial charge in [-0.25, -0.2) is 4.79 Å². The molecular weight excluding hydrogens is 288 g/mol. The maximum Gasteiger partial charge on any atom is 0.410 e. The molecule has 2 aliphatic heterocycles. The van der Waals surface area contributed by atoms with Crippen LogP contribution in [-0.2, 0) is 4.74 Å². The van der Waals surface area contributed by atoms with Crippen LogP contribution in [0.15, 0.2) is 24.3 Å². The number of nitriles is 1. The molecule has 2 aliphatic rings. The molecule has 2 saturated heterocycles. The van der Waals surface area contributed by atoms with Gasteiger partial charge in [0.2, 0.25) is 0 Å². The number of carbonyl (C=O) groups is 1. The number of rotatable bonds is 1. The molecule has 1 aromatic carbocycles. The van der Waals surface area contributed by atoms with Crippen molar-refractivity contribution < 1.29 is 9.53 Å². The normalized spacial score (nSPS) is 26.7. The van der Waals surface area contributed by atoms with E-state index in [4.69, 9.17) is 10.00 Å². The summed E-state index contributed by atoms with van der Waals surface area (Å²) in [5, 5.41) is 9.08. The Morgan fingerprint density at radius 1 is 1.26 bits per heavy atom. The van der Waals surface area contributed by atoms with Crippen LogP contribution in [0.25, 0.3) is 0 Å². The summed E-state index contributed by atoms with van der Waals surface area (Å²) in [6.07, 6.45) is 3.86. The second-order valence-corrected chi connectivity index (χ2v) is 7.68. The Balaban J connectivity index is 1.74. The molecule has 0 radical (unpaired) electrons. The number of nitrogens with zero attached hydrogens (tertiary/aromatic N) is 2. The molecule has 0 spiro atoms. The number of carbonyl (C=O) groups excluding carboxylic acids is 1. The topological polar surface area (TPSA) is 53.3 Å². The molecule has 0 aromatic heterocycles. The zero-order valence-electron chi connectivity index (χ0n) is 14.1. The van der Waals surface area contributed by atoms with Gasteiger partial charge in [0.15, 0.2) is 0 Å². The summed E-state index contributed by atoms with van der Waals surface area (Å²) >= 11 is 0. The monoisotopic (exact) mass is 312 g/mol. The van der Waals surface area contributed by atoms with Gasteiger partial charge in [-0.3, -0.25) is 0 Å². The standard InChI is InChI=1S/C19H24N2O2/c1-19(2,3)23-18(22)21-16-7-8-17(21)11-15(10-16)14-6-4-5-13(9-14)12-20/h4-6,9,15-17H,7-8,10-11H2,1-3H3/t15-,16+,17-. The van der Waals surface area contributed by atoms with Crippen molar-refractivity contribution in [2.24, 2.45) is 0 Å². The molecule has 0 aliphatic carbocycles. The first-order chi connectivity index (χ1) is 10.9. The van der Waals surface area contributed by atoms with E-state index < -0.39 is 5.60 Å². The lowest BCUT2D eigenvalue weighted by molar-refractivity contribution is 0.00584. The van der Waals surface area contributed by atoms with Gasteiger partial charge < -0.3 is 9.64 Å². The van der Waals surface area contributed by atoms with Crippen LogP contribution in [0, 0.1) is 11.3 Å². The lowest BCUT2D eigenvalue weighted by Gasteiger charge is -2.39. The first-order valence-electron chi connectivity index (χ1n) is 8.39. The van der Waals surface area contributed by atoms with Gasteiger partial charge in [-0.1, -0.05) is 12.1 Å². The summed E-state index contributed by atoms with van der Waals surface area (Å²) in [4.78, 5) is 14.4. The minimum Gasteiger partial charge on any atom is -0.444 e. The maximum absolute atomic E-state index is 12.5. The smallest absolute Gasteiger partial charge is 0.410 e. The third kappa shape index (κ3) is 3.34. The van der Waals surface area contributed by atoms with E-state index in [0.29, 0.717) is 11.5 Å². The van der Waals surface area contributed by atoms with Crippen molar-refractivity contribution in [2.45, 2.75) is 70.1 Å². The SMILES string of the molecule is CC(C)(C)OC(=O)N1[C@@H]2CC[C@H]1C[C@@H](c1cccc(C#N)c1)C2. The van der Waals surface area contributed by atoms with E-state index in [1.54, 1.807) is 0 Å². The molecule has 0 N–H and O–H groups in total. The molecule has 2 fully saturated rings. The van der Waals surface area contributed by atoms with Crippen molar-refractivity contribution in [2.75, 3.05) is 0 Å². The quantitative estimate of drug-likeness (QED) is 0.780. The zero-order chi connectivity index (χ0) is 16.6. The molecule has 2 heterocycles. The predicted octanol–water partition coefficient (Wildman–Crippen LogP) is 4.20. The van der Waals surface area contributed by atoms with Crippen LogP contribution >= 0.6 is 0 Å². The van der Waals surface area contributed by atoms with Gasteiger partial charge in [-0.05, 0) is 70.1 Å². The van der Waals surface area contributed by atoms with E-state index in [1.807, 2.05) is 43.9 Å². The number of piperidine rings is 1. The minimum atomic E-state index is -0.450. The predicted molar refractivity (Wildman–Crippen MR) is 88.0 cm³/mol. The summed E-state index contributed by atoms with van der Waals surface area (Å²) < 4.78 is 5.58. The summed E-state index contributed by atoms with van der Waals surface area (Å²) in [5.74, 6) is 0.430. The number of amides is 1. The van der Waals surface area contributed by atoms with Crippen LogP contribution in [0.3, 0.4) is 0 Å². The van der Waals surface area contributed by atoms with Gasteiger partial charge >= 0.3 is 6.09 Å². The van der Waals surface area contributed by atoms with Crippen LogP contribution < -0.4 is 0 Å². The number of ether oxygens (including phenoxy) is 1. The van der Waals surface area contributed by atoms with Crippen LogP contribution in [0.5, 0.6) is 0 Å². The van der Waals surface area contributed by atoms with Gasteiger partial charge in [0, 0.05) is 12.1 Å². The van der Waals surface area contributed by atoms with E-state index in [9.17, 15) is 4.79 Å². The van der Waals surface area contributed by atoms with Crippen LogP contribution in [-0.4, -0.2) is 28.7 Å². The summed E-state index contributed by atoms with van der Waals surface area (Å²) in [5.41, 5.74) is 1.49. The number of hydrogen-bond donors (Lipinski definition) is 0. The molecule has 4 nitrogen and oxygen atoms in total. The molecule has 2 bridgehead atoms. The number of hydrogen-bond acceptors (Lipinski definition) is 3. The fourth-order valence-corrected chi connectivity index (χ4v) is 3.92. The maximum atomic E-state index is 12.5. The lowest BCUT2D eigenvalue weighted by atomic mass is 9.85. The summed E-state index contributed by atoms with van der Waals surface area (Å²) in [7, 11) is 0. The van der Waals surface area contributed by atoms with Gasteiger partial charge in [0.1, 0.15) is 5.60 Å². The minimum absolute atomic E-state index is 0.172. The zero-order valence-corrected chi connectivity index (χ0v) is 14.1. The van der Waals surface area contributed by atoms with E-state index in [1.165, 1.54) is 5.56 Å². The molecule has 0 saturated carbocycles. The fourth-order valence-electron chi connectivity index (χ4n) is 3.92. The Morgan fingerprint density at radius 2 is 1.91 bits per heavy atom. The molecule has 0 unspecified atom stereocenters. The summed E-state index contributed by atoms with van der Waals surface area (Å²) in [6.45, 7) is 5.73. The van der Waals surface area contributed by atoms with Crippen molar-refractivity contribution in [1.29, 1.82) is 5.26 Å². The van der Waals surface area contributed by atoms with Gasteiger partial charge in [0.05, 0.1) is 11.6 Å². The fraction of sp³-hybridized carbons (Fsp3) is 0.579. The Morgan fingerprint density at radius 3 is 2.48 bits per heavy atom. The molecule has 1 aromatic rings. The first kappa shape index (κ1) is 15.9. The first-order valence-corrected chi connectivity index (χ1v) is 8.39. The van der Waals surface area contributed by atoms with E-state index in [2.05, 4.69) is 12.1 Å².